The SMILES string of the molecule is COc1c(F)cc(-c2ccc(C(=O)N3CCC[C@@H](C)CC3)cc2)cc1F. The van der Waals surface area contributed by atoms with Crippen molar-refractivity contribution in [3.05, 3.63) is 53.6 Å². The number of likely N-dealkylation sites (tertiary alicyclic amines) is 1. The number of nitrogens with zero attached hydrogens (tertiary/aromatic N) is 1. The molecular weight excluding hydrogens is 336 g/mol. The zero-order valence-corrected chi connectivity index (χ0v) is 15.1. The molecule has 1 fully saturated rings. The molecule has 2 aromatic carbocycles. The second-order valence-electron chi connectivity index (χ2n) is 6.88. The predicted molar refractivity (Wildman–Crippen MR) is 97.3 cm³/mol. The van der Waals surface area contributed by atoms with Crippen molar-refractivity contribution < 1.29 is 18.3 Å². The van der Waals surface area contributed by atoms with Crippen molar-refractivity contribution >= 4 is 5.91 Å². The van der Waals surface area contributed by atoms with Gasteiger partial charge in [-0.2, -0.15) is 0 Å². The number of carbonyl (C=O) groups excluding carboxylic acids is 1. The second-order valence-corrected chi connectivity index (χ2v) is 6.88. The normalized spacial score (nSPS) is 17.7. The summed E-state index contributed by atoms with van der Waals surface area (Å²) in [5, 5.41) is 0. The van der Waals surface area contributed by atoms with Gasteiger partial charge < -0.3 is 9.64 Å². The van der Waals surface area contributed by atoms with Crippen LogP contribution in [0, 0.1) is 17.6 Å². The molecule has 3 rings (SSSR count). The first-order valence-electron chi connectivity index (χ1n) is 8.92. The first-order valence-corrected chi connectivity index (χ1v) is 8.92. The van der Waals surface area contributed by atoms with E-state index in [4.69, 9.17) is 4.74 Å². The molecule has 1 heterocycles. The summed E-state index contributed by atoms with van der Waals surface area (Å²) in [6.07, 6.45) is 3.20. The van der Waals surface area contributed by atoms with Crippen molar-refractivity contribution in [1.29, 1.82) is 0 Å². The Labute approximate surface area is 152 Å². The minimum atomic E-state index is -0.749. The monoisotopic (exact) mass is 359 g/mol. The van der Waals surface area contributed by atoms with Gasteiger partial charge in [0, 0.05) is 18.7 Å². The Hall–Kier alpha value is -2.43. The molecule has 26 heavy (non-hydrogen) atoms. The van der Waals surface area contributed by atoms with Crippen molar-refractivity contribution in [3.8, 4) is 16.9 Å². The van der Waals surface area contributed by atoms with Gasteiger partial charge in [0.2, 0.25) is 0 Å². The van der Waals surface area contributed by atoms with Crippen LogP contribution < -0.4 is 4.74 Å². The molecule has 2 aromatic rings. The molecule has 0 N–H and O–H groups in total. The third-order valence-electron chi connectivity index (χ3n) is 4.97. The smallest absolute Gasteiger partial charge is 0.253 e. The lowest BCUT2D eigenvalue weighted by Gasteiger charge is -2.20. The van der Waals surface area contributed by atoms with E-state index < -0.39 is 17.4 Å². The summed E-state index contributed by atoms with van der Waals surface area (Å²) in [4.78, 5) is 14.6. The molecule has 1 saturated heterocycles. The standard InChI is InChI=1S/C21H23F2NO2/c1-14-4-3-10-24(11-9-14)21(25)16-7-5-15(6-8-16)17-12-18(22)20(26-2)19(23)13-17/h5-8,12-14H,3-4,9-11H2,1-2H3/t14-/m1/s1. The van der Waals surface area contributed by atoms with Crippen LogP contribution in [0.4, 0.5) is 8.78 Å². The summed E-state index contributed by atoms with van der Waals surface area (Å²) in [6.45, 7) is 3.77. The Bertz CT molecular complexity index is 766. The van der Waals surface area contributed by atoms with Crippen LogP contribution in [0.1, 0.15) is 36.5 Å². The van der Waals surface area contributed by atoms with Crippen LogP contribution in [0.2, 0.25) is 0 Å². The maximum atomic E-state index is 13.9. The van der Waals surface area contributed by atoms with Crippen LogP contribution in [0.3, 0.4) is 0 Å². The van der Waals surface area contributed by atoms with Crippen LogP contribution in [0.25, 0.3) is 11.1 Å². The molecule has 0 unspecified atom stereocenters. The highest BCUT2D eigenvalue weighted by atomic mass is 19.1. The van der Waals surface area contributed by atoms with E-state index in [1.807, 2.05) is 4.90 Å². The first kappa shape index (κ1) is 18.4. The Morgan fingerprint density at radius 1 is 1.04 bits per heavy atom. The molecule has 1 amide bonds. The van der Waals surface area contributed by atoms with Crippen LogP contribution in [0.15, 0.2) is 36.4 Å². The maximum absolute atomic E-state index is 13.9. The molecule has 0 aliphatic carbocycles. The van der Waals surface area contributed by atoms with Gasteiger partial charge in [0.1, 0.15) is 0 Å². The number of halogens is 2. The average molecular weight is 359 g/mol. The van der Waals surface area contributed by atoms with Crippen LogP contribution in [-0.4, -0.2) is 31.0 Å². The van der Waals surface area contributed by atoms with Gasteiger partial charge in [-0.25, -0.2) is 8.78 Å². The molecule has 0 bridgehead atoms. The number of hydrogen-bond acceptors (Lipinski definition) is 2. The van der Waals surface area contributed by atoms with E-state index in [9.17, 15) is 13.6 Å². The summed E-state index contributed by atoms with van der Waals surface area (Å²) >= 11 is 0. The van der Waals surface area contributed by atoms with Crippen molar-refractivity contribution in [2.45, 2.75) is 26.2 Å². The average Bonchev–Trinajstić information content (AvgIpc) is 2.85. The summed E-state index contributed by atoms with van der Waals surface area (Å²) in [5.74, 6) is -1.23. The van der Waals surface area contributed by atoms with Crippen molar-refractivity contribution in [2.75, 3.05) is 20.2 Å². The molecule has 0 aromatic heterocycles. The number of hydrogen-bond donors (Lipinski definition) is 0. The van der Waals surface area contributed by atoms with Crippen molar-refractivity contribution in [1.82, 2.24) is 4.90 Å². The molecule has 1 aliphatic rings. The summed E-state index contributed by atoms with van der Waals surface area (Å²) in [6, 6.07) is 9.32. The van der Waals surface area contributed by atoms with Gasteiger partial charge in [0.05, 0.1) is 7.11 Å². The molecule has 0 saturated carbocycles. The lowest BCUT2D eigenvalue weighted by atomic mass is 10.0. The molecule has 1 atom stereocenters. The Balaban J connectivity index is 1.79. The van der Waals surface area contributed by atoms with E-state index in [-0.39, 0.29) is 5.91 Å². The topological polar surface area (TPSA) is 29.5 Å². The van der Waals surface area contributed by atoms with E-state index in [1.54, 1.807) is 24.3 Å². The van der Waals surface area contributed by atoms with Gasteiger partial charge >= 0.3 is 0 Å². The van der Waals surface area contributed by atoms with E-state index in [0.29, 0.717) is 22.6 Å². The molecule has 0 radical (unpaired) electrons. The highest BCUT2D eigenvalue weighted by Crippen LogP contribution is 2.29. The second kappa shape index (κ2) is 7.85. The predicted octanol–water partition coefficient (Wildman–Crippen LogP) is 4.90. The van der Waals surface area contributed by atoms with Crippen molar-refractivity contribution in [2.24, 2.45) is 5.92 Å². The van der Waals surface area contributed by atoms with Gasteiger partial charge in [-0.15, -0.1) is 0 Å². The fourth-order valence-electron chi connectivity index (χ4n) is 3.38. The number of ether oxygens (including phenoxy) is 1. The summed E-state index contributed by atoms with van der Waals surface area (Å²) < 4.78 is 32.5. The molecule has 0 spiro atoms. The largest absolute Gasteiger partial charge is 0.491 e. The van der Waals surface area contributed by atoms with Gasteiger partial charge in [-0.1, -0.05) is 19.1 Å². The molecule has 5 heteroatoms. The fourth-order valence-corrected chi connectivity index (χ4v) is 3.38. The number of rotatable bonds is 3. The summed E-state index contributed by atoms with van der Waals surface area (Å²) in [5.41, 5.74) is 1.65. The minimum Gasteiger partial charge on any atom is -0.491 e. The molecule has 1 aliphatic heterocycles. The third kappa shape index (κ3) is 3.87. The van der Waals surface area contributed by atoms with Crippen LogP contribution in [0.5, 0.6) is 5.75 Å². The lowest BCUT2D eigenvalue weighted by molar-refractivity contribution is 0.0760. The number of amides is 1. The highest BCUT2D eigenvalue weighted by molar-refractivity contribution is 5.94. The molecule has 3 nitrogen and oxygen atoms in total. The van der Waals surface area contributed by atoms with Gasteiger partial charge in [-0.3, -0.25) is 4.79 Å². The zero-order chi connectivity index (χ0) is 18.7. The van der Waals surface area contributed by atoms with Crippen LogP contribution in [-0.2, 0) is 0 Å². The lowest BCUT2D eigenvalue weighted by Crippen LogP contribution is -2.31. The van der Waals surface area contributed by atoms with Crippen molar-refractivity contribution in [3.63, 3.8) is 0 Å². The highest BCUT2D eigenvalue weighted by Gasteiger charge is 2.20. The quantitative estimate of drug-likeness (QED) is 0.780. The fraction of sp³-hybridized carbons (Fsp3) is 0.381. The molecular formula is C21H23F2NO2. The van der Waals surface area contributed by atoms with E-state index in [2.05, 4.69) is 6.92 Å². The Morgan fingerprint density at radius 3 is 2.31 bits per heavy atom. The number of carbonyl (C=O) groups is 1. The van der Waals surface area contributed by atoms with Gasteiger partial charge in [-0.05, 0) is 60.6 Å². The maximum Gasteiger partial charge on any atom is 0.253 e. The third-order valence-corrected chi connectivity index (χ3v) is 4.97. The molecule has 138 valence electrons. The van der Waals surface area contributed by atoms with Gasteiger partial charge in [0.25, 0.3) is 5.91 Å². The van der Waals surface area contributed by atoms with E-state index in [0.717, 1.165) is 32.4 Å². The number of benzene rings is 2. The minimum absolute atomic E-state index is 0.0118. The van der Waals surface area contributed by atoms with E-state index in [1.165, 1.54) is 19.2 Å². The van der Waals surface area contributed by atoms with Crippen LogP contribution >= 0.6 is 0 Å². The zero-order valence-electron chi connectivity index (χ0n) is 15.1. The Morgan fingerprint density at radius 2 is 1.69 bits per heavy atom. The van der Waals surface area contributed by atoms with E-state index >= 15 is 0 Å². The summed E-state index contributed by atoms with van der Waals surface area (Å²) in [7, 11) is 1.23. The number of methoxy groups -OCH3 is 1. The van der Waals surface area contributed by atoms with Gasteiger partial charge in [0.15, 0.2) is 17.4 Å². The first-order chi connectivity index (χ1) is 12.5. The Kier molecular flexibility index (Phi) is 5.55.